The molecule has 0 spiro atoms. The molecule has 0 aromatic carbocycles. The minimum absolute atomic E-state index is 0.437. The summed E-state index contributed by atoms with van der Waals surface area (Å²) in [4.78, 5) is 6.72. The number of piperidine rings is 1. The van der Waals surface area contributed by atoms with Gasteiger partial charge in [-0.1, -0.05) is 34.1 Å². The van der Waals surface area contributed by atoms with Gasteiger partial charge in [-0.2, -0.15) is 0 Å². The van der Waals surface area contributed by atoms with E-state index in [0.29, 0.717) is 10.8 Å². The quantitative estimate of drug-likeness (QED) is 0.794. The van der Waals surface area contributed by atoms with E-state index in [-0.39, 0.29) is 0 Å². The molecule has 2 nitrogen and oxygen atoms in total. The van der Waals surface area contributed by atoms with Crippen molar-refractivity contribution >= 4 is 5.69 Å². The largest absolute Gasteiger partial charge is 0.370 e. The fourth-order valence-corrected chi connectivity index (χ4v) is 3.56. The Balaban J connectivity index is 2.01. The first-order valence-corrected chi connectivity index (χ1v) is 7.59. The Hall–Kier alpha value is -1.05. The lowest BCUT2D eigenvalue weighted by atomic mass is 9.67. The molecule has 1 saturated heterocycles. The fraction of sp³-hybridized carbons (Fsp3) is 0.706. The molecule has 1 fully saturated rings. The summed E-state index contributed by atoms with van der Waals surface area (Å²) in [6.07, 6.45) is 9.12. The first-order valence-electron chi connectivity index (χ1n) is 7.59. The highest BCUT2D eigenvalue weighted by atomic mass is 15.1. The van der Waals surface area contributed by atoms with E-state index in [1.54, 1.807) is 0 Å². The van der Waals surface area contributed by atoms with Gasteiger partial charge in [0, 0.05) is 19.3 Å². The Morgan fingerprint density at radius 3 is 2.42 bits per heavy atom. The molecule has 19 heavy (non-hydrogen) atoms. The van der Waals surface area contributed by atoms with E-state index < -0.39 is 0 Å². The van der Waals surface area contributed by atoms with Gasteiger partial charge in [-0.05, 0) is 42.2 Å². The van der Waals surface area contributed by atoms with E-state index in [1.807, 2.05) is 18.5 Å². The molecule has 1 aromatic heterocycles. The third-order valence-electron chi connectivity index (χ3n) is 4.49. The Morgan fingerprint density at radius 2 is 1.95 bits per heavy atom. The third-order valence-corrected chi connectivity index (χ3v) is 4.49. The van der Waals surface area contributed by atoms with Crippen molar-refractivity contribution in [2.45, 2.75) is 53.4 Å². The van der Waals surface area contributed by atoms with Crippen LogP contribution in [0.2, 0.25) is 0 Å². The number of anilines is 1. The topological polar surface area (TPSA) is 16.1 Å². The van der Waals surface area contributed by atoms with Crippen LogP contribution in [0.3, 0.4) is 0 Å². The van der Waals surface area contributed by atoms with Crippen molar-refractivity contribution in [3.63, 3.8) is 0 Å². The molecule has 1 aromatic rings. The Morgan fingerprint density at radius 1 is 1.26 bits per heavy atom. The van der Waals surface area contributed by atoms with Gasteiger partial charge in [0.05, 0.1) is 11.9 Å². The maximum Gasteiger partial charge on any atom is 0.0552 e. The van der Waals surface area contributed by atoms with Gasteiger partial charge in [0.15, 0.2) is 0 Å². The summed E-state index contributed by atoms with van der Waals surface area (Å²) in [5.74, 6) is 0. The van der Waals surface area contributed by atoms with Crippen molar-refractivity contribution in [2.75, 3.05) is 18.0 Å². The molecule has 1 aliphatic rings. The number of rotatable bonds is 3. The molecular formula is C17H28N2. The van der Waals surface area contributed by atoms with Gasteiger partial charge < -0.3 is 4.90 Å². The van der Waals surface area contributed by atoms with Crippen molar-refractivity contribution < 1.29 is 0 Å². The SMILES string of the molecule is CCC1(CC(C)(C)C)CCN(c2cccnc2)CC1. The summed E-state index contributed by atoms with van der Waals surface area (Å²) in [7, 11) is 0. The smallest absolute Gasteiger partial charge is 0.0552 e. The zero-order chi connectivity index (χ0) is 13.9. The number of hydrogen-bond acceptors (Lipinski definition) is 2. The number of aromatic nitrogens is 1. The molecular weight excluding hydrogens is 232 g/mol. The molecule has 0 unspecified atom stereocenters. The van der Waals surface area contributed by atoms with Crippen LogP contribution in [-0.2, 0) is 0 Å². The highest BCUT2D eigenvalue weighted by molar-refractivity contribution is 5.44. The Bertz CT molecular complexity index is 383. The van der Waals surface area contributed by atoms with Gasteiger partial charge in [-0.15, -0.1) is 0 Å². The molecule has 0 saturated carbocycles. The van der Waals surface area contributed by atoms with Gasteiger partial charge in [0.25, 0.3) is 0 Å². The van der Waals surface area contributed by atoms with Gasteiger partial charge in [-0.3, -0.25) is 4.98 Å². The van der Waals surface area contributed by atoms with Crippen LogP contribution in [0.1, 0.15) is 53.4 Å². The van der Waals surface area contributed by atoms with E-state index in [9.17, 15) is 0 Å². The van der Waals surface area contributed by atoms with E-state index >= 15 is 0 Å². The van der Waals surface area contributed by atoms with Crippen LogP contribution in [0.5, 0.6) is 0 Å². The summed E-state index contributed by atoms with van der Waals surface area (Å²) < 4.78 is 0. The lowest BCUT2D eigenvalue weighted by Crippen LogP contribution is -2.41. The summed E-state index contributed by atoms with van der Waals surface area (Å²) in [5, 5.41) is 0. The molecule has 2 heterocycles. The minimum atomic E-state index is 0.437. The molecule has 0 bridgehead atoms. The summed E-state index contributed by atoms with van der Waals surface area (Å²) in [6, 6.07) is 4.21. The third kappa shape index (κ3) is 3.71. The predicted molar refractivity (Wildman–Crippen MR) is 82.5 cm³/mol. The second-order valence-corrected chi connectivity index (χ2v) is 7.29. The van der Waals surface area contributed by atoms with Crippen molar-refractivity contribution in [3.8, 4) is 0 Å². The maximum atomic E-state index is 4.23. The van der Waals surface area contributed by atoms with Crippen LogP contribution in [0.15, 0.2) is 24.5 Å². The molecule has 0 N–H and O–H groups in total. The van der Waals surface area contributed by atoms with Crippen LogP contribution >= 0.6 is 0 Å². The van der Waals surface area contributed by atoms with Gasteiger partial charge in [-0.25, -0.2) is 0 Å². The highest BCUT2D eigenvalue weighted by Gasteiger charge is 2.36. The Labute approximate surface area is 118 Å². The standard InChI is InChI=1S/C17H28N2/c1-5-17(14-16(2,3)4)8-11-19(12-9-17)15-7-6-10-18-13-15/h6-7,10,13H,5,8-9,11-12,14H2,1-4H3. The second kappa shape index (κ2) is 5.52. The van der Waals surface area contributed by atoms with E-state index in [4.69, 9.17) is 0 Å². The average Bonchev–Trinajstić information content (AvgIpc) is 2.39. The van der Waals surface area contributed by atoms with Crippen molar-refractivity contribution in [1.82, 2.24) is 4.98 Å². The average molecular weight is 260 g/mol. The molecule has 0 atom stereocenters. The van der Waals surface area contributed by atoms with E-state index in [2.05, 4.69) is 43.6 Å². The monoisotopic (exact) mass is 260 g/mol. The highest BCUT2D eigenvalue weighted by Crippen LogP contribution is 2.44. The molecule has 2 rings (SSSR count). The first kappa shape index (κ1) is 14.4. The van der Waals surface area contributed by atoms with Gasteiger partial charge in [0.2, 0.25) is 0 Å². The maximum absolute atomic E-state index is 4.23. The predicted octanol–water partition coefficient (Wildman–Crippen LogP) is 4.51. The minimum Gasteiger partial charge on any atom is -0.370 e. The van der Waals surface area contributed by atoms with Crippen LogP contribution in [0, 0.1) is 10.8 Å². The summed E-state index contributed by atoms with van der Waals surface area (Å²) in [5.41, 5.74) is 2.27. The molecule has 0 radical (unpaired) electrons. The van der Waals surface area contributed by atoms with Crippen LogP contribution in [-0.4, -0.2) is 18.1 Å². The van der Waals surface area contributed by atoms with Crippen molar-refractivity contribution in [1.29, 1.82) is 0 Å². The lowest BCUT2D eigenvalue weighted by molar-refractivity contribution is 0.125. The molecule has 0 amide bonds. The van der Waals surface area contributed by atoms with E-state index in [1.165, 1.54) is 44.5 Å². The van der Waals surface area contributed by atoms with Crippen LogP contribution < -0.4 is 4.90 Å². The van der Waals surface area contributed by atoms with Crippen molar-refractivity contribution in [3.05, 3.63) is 24.5 Å². The van der Waals surface area contributed by atoms with Gasteiger partial charge >= 0.3 is 0 Å². The summed E-state index contributed by atoms with van der Waals surface area (Å²) >= 11 is 0. The normalized spacial score (nSPS) is 19.5. The van der Waals surface area contributed by atoms with Crippen molar-refractivity contribution in [2.24, 2.45) is 10.8 Å². The lowest BCUT2D eigenvalue weighted by Gasteiger charge is -2.45. The molecule has 0 aliphatic carbocycles. The molecule has 1 aliphatic heterocycles. The first-order chi connectivity index (χ1) is 8.94. The summed E-state index contributed by atoms with van der Waals surface area (Å²) in [6.45, 7) is 11.8. The number of hydrogen-bond donors (Lipinski definition) is 0. The zero-order valence-electron chi connectivity index (χ0n) is 12.9. The van der Waals surface area contributed by atoms with E-state index in [0.717, 1.165) is 0 Å². The van der Waals surface area contributed by atoms with Gasteiger partial charge in [0.1, 0.15) is 0 Å². The number of pyridine rings is 1. The van der Waals surface area contributed by atoms with Crippen LogP contribution in [0.4, 0.5) is 5.69 Å². The van der Waals surface area contributed by atoms with Crippen LogP contribution in [0.25, 0.3) is 0 Å². The zero-order valence-corrected chi connectivity index (χ0v) is 12.9. The second-order valence-electron chi connectivity index (χ2n) is 7.29. The molecule has 2 heteroatoms. The fourth-order valence-electron chi connectivity index (χ4n) is 3.56. The number of nitrogens with zero attached hydrogens (tertiary/aromatic N) is 2. The molecule has 106 valence electrons. The Kier molecular flexibility index (Phi) is 4.17.